The highest BCUT2D eigenvalue weighted by Crippen LogP contribution is 2.23. The van der Waals surface area contributed by atoms with Crippen LogP contribution in [-0.4, -0.2) is 23.1 Å². The highest BCUT2D eigenvalue weighted by molar-refractivity contribution is 5.78. The largest absolute Gasteiger partial charge is 0.459 e. The maximum atomic E-state index is 12.4. The molecule has 0 aliphatic carbocycles. The number of aromatic nitrogens is 1. The number of benzene rings is 1. The van der Waals surface area contributed by atoms with Gasteiger partial charge in [-0.25, -0.2) is 4.79 Å². The van der Waals surface area contributed by atoms with E-state index in [-0.39, 0.29) is 12.1 Å². The number of carbonyl (C=O) groups excluding carboxylic acids is 1. The van der Waals surface area contributed by atoms with Crippen LogP contribution in [0.4, 0.5) is 4.79 Å². The van der Waals surface area contributed by atoms with E-state index in [1.807, 2.05) is 51.1 Å². The van der Waals surface area contributed by atoms with Crippen LogP contribution in [0.25, 0.3) is 11.0 Å². The molecule has 126 valence electrons. The fourth-order valence-electron chi connectivity index (χ4n) is 2.62. The lowest BCUT2D eigenvalue weighted by atomic mass is 10.2. The first-order valence-corrected chi connectivity index (χ1v) is 7.87. The number of hydrogen-bond donors (Lipinski definition) is 1. The molecule has 0 aliphatic heterocycles. The zero-order chi connectivity index (χ0) is 17.3. The van der Waals surface area contributed by atoms with Gasteiger partial charge in [-0.1, -0.05) is 23.4 Å². The SMILES string of the molecule is Cc1noc(C)c1CN(C)C(=O)N[C@@H](C)c1cc2ccccc2o1. The van der Waals surface area contributed by atoms with E-state index >= 15 is 0 Å². The van der Waals surface area contributed by atoms with E-state index in [2.05, 4.69) is 10.5 Å². The van der Waals surface area contributed by atoms with Crippen LogP contribution in [-0.2, 0) is 6.54 Å². The van der Waals surface area contributed by atoms with Crippen molar-refractivity contribution in [1.82, 2.24) is 15.4 Å². The fourth-order valence-corrected chi connectivity index (χ4v) is 2.62. The maximum Gasteiger partial charge on any atom is 0.318 e. The molecule has 2 heterocycles. The minimum absolute atomic E-state index is 0.178. The Morgan fingerprint density at radius 2 is 2.08 bits per heavy atom. The number of urea groups is 1. The highest BCUT2D eigenvalue weighted by Gasteiger charge is 2.19. The molecule has 1 atom stereocenters. The molecule has 3 rings (SSSR count). The normalized spacial score (nSPS) is 12.3. The first kappa shape index (κ1) is 16.1. The molecule has 0 saturated heterocycles. The number of fused-ring (bicyclic) bond motifs is 1. The van der Waals surface area contributed by atoms with Gasteiger partial charge in [0.15, 0.2) is 0 Å². The number of nitrogens with zero attached hydrogens (tertiary/aromatic N) is 2. The Balaban J connectivity index is 1.67. The van der Waals surface area contributed by atoms with E-state index in [1.165, 1.54) is 0 Å². The highest BCUT2D eigenvalue weighted by atomic mass is 16.5. The summed E-state index contributed by atoms with van der Waals surface area (Å²) < 4.78 is 10.9. The summed E-state index contributed by atoms with van der Waals surface area (Å²) in [7, 11) is 1.74. The standard InChI is InChI=1S/C18H21N3O3/c1-11-15(13(3)24-20-11)10-21(4)18(22)19-12(2)17-9-14-7-5-6-8-16(14)23-17/h5-9,12H,10H2,1-4H3,(H,19,22)/t12-/m0/s1. The summed E-state index contributed by atoms with van der Waals surface area (Å²) in [6.45, 7) is 6.06. The third-order valence-electron chi connectivity index (χ3n) is 4.13. The van der Waals surface area contributed by atoms with Gasteiger partial charge in [-0.05, 0) is 32.9 Å². The molecule has 0 saturated carbocycles. The number of aryl methyl sites for hydroxylation is 2. The predicted molar refractivity (Wildman–Crippen MR) is 90.6 cm³/mol. The first-order chi connectivity index (χ1) is 11.5. The summed E-state index contributed by atoms with van der Waals surface area (Å²) in [6.07, 6.45) is 0. The Labute approximate surface area is 140 Å². The van der Waals surface area contributed by atoms with Crippen molar-refractivity contribution in [2.24, 2.45) is 0 Å². The Kier molecular flexibility index (Phi) is 4.29. The molecule has 0 radical (unpaired) electrons. The van der Waals surface area contributed by atoms with E-state index in [0.29, 0.717) is 6.54 Å². The summed E-state index contributed by atoms with van der Waals surface area (Å²) in [5.41, 5.74) is 2.55. The van der Waals surface area contributed by atoms with Crippen molar-refractivity contribution >= 4 is 17.0 Å². The lowest BCUT2D eigenvalue weighted by Crippen LogP contribution is -2.38. The molecule has 1 aromatic carbocycles. The Bertz CT molecular complexity index is 813. The molecule has 6 heteroatoms. The Morgan fingerprint density at radius 1 is 1.33 bits per heavy atom. The predicted octanol–water partition coefficient (Wildman–Crippen LogP) is 3.94. The van der Waals surface area contributed by atoms with E-state index in [9.17, 15) is 4.79 Å². The summed E-state index contributed by atoms with van der Waals surface area (Å²) in [5, 5.41) is 7.89. The maximum absolute atomic E-state index is 12.4. The Hall–Kier alpha value is -2.76. The van der Waals surface area contributed by atoms with Crippen molar-refractivity contribution in [2.75, 3.05) is 7.05 Å². The molecule has 0 unspecified atom stereocenters. The molecule has 0 spiro atoms. The number of furan rings is 1. The van der Waals surface area contributed by atoms with E-state index in [4.69, 9.17) is 8.94 Å². The van der Waals surface area contributed by atoms with Crippen LogP contribution < -0.4 is 5.32 Å². The van der Waals surface area contributed by atoms with Gasteiger partial charge in [-0.2, -0.15) is 0 Å². The lowest BCUT2D eigenvalue weighted by molar-refractivity contribution is 0.202. The quantitative estimate of drug-likeness (QED) is 0.788. The second-order valence-corrected chi connectivity index (χ2v) is 6.02. The molecular formula is C18H21N3O3. The van der Waals surface area contributed by atoms with Crippen LogP contribution in [0.3, 0.4) is 0 Å². The number of amides is 2. The van der Waals surface area contributed by atoms with Crippen LogP contribution in [0.5, 0.6) is 0 Å². The summed E-state index contributed by atoms with van der Waals surface area (Å²) in [4.78, 5) is 14.0. The summed E-state index contributed by atoms with van der Waals surface area (Å²) >= 11 is 0. The number of carbonyl (C=O) groups is 1. The van der Waals surface area contributed by atoms with Crippen molar-refractivity contribution in [3.05, 3.63) is 53.1 Å². The molecule has 0 aliphatic rings. The number of para-hydroxylation sites is 1. The van der Waals surface area contributed by atoms with Crippen LogP contribution in [0.1, 0.15) is 35.7 Å². The van der Waals surface area contributed by atoms with Gasteiger partial charge in [-0.15, -0.1) is 0 Å². The van der Waals surface area contributed by atoms with E-state index in [1.54, 1.807) is 11.9 Å². The van der Waals surface area contributed by atoms with Crippen LogP contribution in [0.2, 0.25) is 0 Å². The molecule has 24 heavy (non-hydrogen) atoms. The van der Waals surface area contributed by atoms with Crippen molar-refractivity contribution in [3.63, 3.8) is 0 Å². The minimum atomic E-state index is -0.225. The van der Waals surface area contributed by atoms with Gasteiger partial charge >= 0.3 is 6.03 Å². The zero-order valence-electron chi connectivity index (χ0n) is 14.3. The third-order valence-corrected chi connectivity index (χ3v) is 4.13. The average Bonchev–Trinajstić information content (AvgIpc) is 3.13. The molecule has 2 amide bonds. The van der Waals surface area contributed by atoms with Gasteiger partial charge in [-0.3, -0.25) is 0 Å². The van der Waals surface area contributed by atoms with Crippen LogP contribution >= 0.6 is 0 Å². The molecule has 2 aromatic heterocycles. The second-order valence-electron chi connectivity index (χ2n) is 6.02. The van der Waals surface area contributed by atoms with Gasteiger partial charge < -0.3 is 19.2 Å². The van der Waals surface area contributed by atoms with Crippen LogP contribution in [0, 0.1) is 13.8 Å². The summed E-state index contributed by atoms with van der Waals surface area (Å²) in [5.74, 6) is 1.47. The van der Waals surface area contributed by atoms with Crippen LogP contribution in [0.15, 0.2) is 39.3 Å². The molecule has 0 bridgehead atoms. The minimum Gasteiger partial charge on any atom is -0.459 e. The zero-order valence-corrected chi connectivity index (χ0v) is 14.3. The fraction of sp³-hybridized carbons (Fsp3) is 0.333. The van der Waals surface area contributed by atoms with Gasteiger partial charge in [0.05, 0.1) is 18.3 Å². The van der Waals surface area contributed by atoms with Crippen molar-refractivity contribution in [2.45, 2.75) is 33.4 Å². The van der Waals surface area contributed by atoms with Crippen molar-refractivity contribution in [3.8, 4) is 0 Å². The molecule has 1 N–H and O–H groups in total. The Morgan fingerprint density at radius 3 is 2.75 bits per heavy atom. The van der Waals surface area contributed by atoms with E-state index in [0.717, 1.165) is 33.7 Å². The number of rotatable bonds is 4. The van der Waals surface area contributed by atoms with E-state index < -0.39 is 0 Å². The average molecular weight is 327 g/mol. The smallest absolute Gasteiger partial charge is 0.318 e. The molecule has 6 nitrogen and oxygen atoms in total. The second kappa shape index (κ2) is 6.39. The molecule has 0 fully saturated rings. The van der Waals surface area contributed by atoms with Gasteiger partial charge in [0, 0.05) is 18.0 Å². The lowest BCUT2D eigenvalue weighted by Gasteiger charge is -2.20. The summed E-state index contributed by atoms with van der Waals surface area (Å²) in [6, 6.07) is 9.34. The monoisotopic (exact) mass is 327 g/mol. The molecule has 3 aromatic rings. The number of hydrogen-bond acceptors (Lipinski definition) is 4. The van der Waals surface area contributed by atoms with Crippen molar-refractivity contribution in [1.29, 1.82) is 0 Å². The van der Waals surface area contributed by atoms with Gasteiger partial charge in [0.25, 0.3) is 0 Å². The third kappa shape index (κ3) is 3.13. The number of nitrogens with one attached hydrogen (secondary N) is 1. The molecular weight excluding hydrogens is 306 g/mol. The van der Waals surface area contributed by atoms with Crippen molar-refractivity contribution < 1.29 is 13.7 Å². The topological polar surface area (TPSA) is 71.5 Å². The van der Waals surface area contributed by atoms with Gasteiger partial charge in [0.1, 0.15) is 17.1 Å². The van der Waals surface area contributed by atoms with Gasteiger partial charge in [0.2, 0.25) is 0 Å². The first-order valence-electron chi connectivity index (χ1n) is 7.87.